The quantitative estimate of drug-likeness (QED) is 0.902. The fourth-order valence-corrected chi connectivity index (χ4v) is 3.79. The second-order valence-corrected chi connectivity index (χ2v) is 7.24. The molecule has 0 fully saturated rings. The van der Waals surface area contributed by atoms with Crippen molar-refractivity contribution in [1.82, 2.24) is 10.6 Å². The van der Waals surface area contributed by atoms with E-state index in [2.05, 4.69) is 16.7 Å². The molecule has 0 saturated carbocycles. The molecular formula is C17H19ClN2OS. The van der Waals surface area contributed by atoms with E-state index < -0.39 is 0 Å². The second-order valence-electron chi connectivity index (χ2n) is 5.45. The molecule has 1 amide bonds. The van der Waals surface area contributed by atoms with E-state index in [0.29, 0.717) is 6.54 Å². The normalized spacial score (nSPS) is 14.2. The van der Waals surface area contributed by atoms with Crippen molar-refractivity contribution in [3.8, 4) is 0 Å². The van der Waals surface area contributed by atoms with Crippen LogP contribution in [0.1, 0.15) is 26.4 Å². The Morgan fingerprint density at radius 1 is 1.18 bits per heavy atom. The molecule has 2 N–H and O–H groups in total. The molecule has 0 saturated heterocycles. The second kappa shape index (κ2) is 7.27. The lowest BCUT2D eigenvalue weighted by atomic mass is 10.00. The molecule has 1 aromatic heterocycles. The smallest absolute Gasteiger partial charge is 0.251 e. The summed E-state index contributed by atoms with van der Waals surface area (Å²) in [6, 6.07) is 9.97. The van der Waals surface area contributed by atoms with Gasteiger partial charge in [0.1, 0.15) is 0 Å². The summed E-state index contributed by atoms with van der Waals surface area (Å²) in [7, 11) is 0. The van der Waals surface area contributed by atoms with Crippen molar-refractivity contribution in [3.05, 3.63) is 56.2 Å². The Kier molecular flexibility index (Phi) is 5.13. The van der Waals surface area contributed by atoms with E-state index in [1.165, 1.54) is 16.0 Å². The van der Waals surface area contributed by atoms with Crippen LogP contribution in [0.15, 0.2) is 30.3 Å². The Balaban J connectivity index is 1.59. The lowest BCUT2D eigenvalue weighted by Crippen LogP contribution is -2.25. The highest BCUT2D eigenvalue weighted by molar-refractivity contribution is 7.16. The van der Waals surface area contributed by atoms with Gasteiger partial charge in [-0.25, -0.2) is 0 Å². The molecule has 1 aliphatic rings. The zero-order chi connectivity index (χ0) is 15.4. The molecule has 2 heterocycles. The van der Waals surface area contributed by atoms with Gasteiger partial charge in [-0.2, -0.15) is 0 Å². The number of fused-ring (bicyclic) bond motifs is 1. The van der Waals surface area contributed by atoms with Crippen molar-refractivity contribution in [2.24, 2.45) is 0 Å². The fourth-order valence-electron chi connectivity index (χ4n) is 2.70. The van der Waals surface area contributed by atoms with E-state index in [1.807, 2.05) is 24.3 Å². The number of halogens is 1. The number of carbonyl (C=O) groups is 1. The van der Waals surface area contributed by atoms with E-state index in [9.17, 15) is 4.79 Å². The van der Waals surface area contributed by atoms with E-state index in [1.54, 1.807) is 11.3 Å². The Bertz CT molecular complexity index is 668. The fraction of sp³-hybridized carbons (Fsp3) is 0.353. The summed E-state index contributed by atoms with van der Waals surface area (Å²) in [5.41, 5.74) is 3.40. The minimum absolute atomic E-state index is 0.00246. The van der Waals surface area contributed by atoms with Crippen LogP contribution < -0.4 is 10.6 Å². The third kappa shape index (κ3) is 3.88. The van der Waals surface area contributed by atoms with Crippen LogP contribution in [0.3, 0.4) is 0 Å². The zero-order valence-electron chi connectivity index (χ0n) is 12.3. The first-order valence-electron chi connectivity index (χ1n) is 7.57. The largest absolute Gasteiger partial charge is 0.352 e. The predicted molar refractivity (Wildman–Crippen MR) is 92.1 cm³/mol. The summed E-state index contributed by atoms with van der Waals surface area (Å²) in [5, 5.41) is 6.38. The van der Waals surface area contributed by atoms with Gasteiger partial charge < -0.3 is 10.6 Å². The molecule has 5 heteroatoms. The number of hydrogen-bond acceptors (Lipinski definition) is 3. The number of nitrogens with one attached hydrogen (secondary N) is 2. The third-order valence-corrected chi connectivity index (χ3v) is 5.19. The van der Waals surface area contributed by atoms with Crippen molar-refractivity contribution >= 4 is 28.8 Å². The van der Waals surface area contributed by atoms with Crippen LogP contribution in [-0.4, -0.2) is 25.5 Å². The average Bonchev–Trinajstić information content (AvgIpc) is 2.80. The minimum atomic E-state index is 0.00246. The molecule has 0 spiro atoms. The van der Waals surface area contributed by atoms with Gasteiger partial charge in [0.15, 0.2) is 0 Å². The van der Waals surface area contributed by atoms with Gasteiger partial charge in [0, 0.05) is 17.0 Å². The van der Waals surface area contributed by atoms with Crippen molar-refractivity contribution in [3.63, 3.8) is 0 Å². The zero-order valence-corrected chi connectivity index (χ0v) is 13.9. The molecule has 3 nitrogen and oxygen atoms in total. The van der Waals surface area contributed by atoms with Crippen LogP contribution in [0.2, 0.25) is 4.34 Å². The van der Waals surface area contributed by atoms with Crippen LogP contribution in [0, 0.1) is 0 Å². The van der Waals surface area contributed by atoms with E-state index in [-0.39, 0.29) is 5.91 Å². The molecule has 0 unspecified atom stereocenters. The monoisotopic (exact) mass is 334 g/mol. The summed E-state index contributed by atoms with van der Waals surface area (Å²) < 4.78 is 0.792. The molecule has 3 rings (SSSR count). The van der Waals surface area contributed by atoms with E-state index in [0.717, 1.165) is 42.3 Å². The maximum atomic E-state index is 12.3. The lowest BCUT2D eigenvalue weighted by molar-refractivity contribution is 0.0954. The van der Waals surface area contributed by atoms with Gasteiger partial charge in [0.2, 0.25) is 0 Å². The van der Waals surface area contributed by atoms with Gasteiger partial charge >= 0.3 is 0 Å². The van der Waals surface area contributed by atoms with Crippen LogP contribution in [0.4, 0.5) is 0 Å². The topological polar surface area (TPSA) is 41.1 Å². The highest BCUT2D eigenvalue weighted by Crippen LogP contribution is 2.21. The molecule has 22 heavy (non-hydrogen) atoms. The van der Waals surface area contributed by atoms with E-state index in [4.69, 9.17) is 11.6 Å². The number of benzene rings is 1. The van der Waals surface area contributed by atoms with E-state index >= 15 is 0 Å². The summed E-state index contributed by atoms with van der Waals surface area (Å²) in [6.45, 7) is 2.63. The Morgan fingerprint density at radius 3 is 2.77 bits per heavy atom. The number of rotatable bonds is 4. The first-order chi connectivity index (χ1) is 10.7. The lowest BCUT2D eigenvalue weighted by Gasteiger charge is -2.09. The van der Waals surface area contributed by atoms with Crippen LogP contribution in [0.5, 0.6) is 0 Å². The van der Waals surface area contributed by atoms with Crippen molar-refractivity contribution in [1.29, 1.82) is 0 Å². The first kappa shape index (κ1) is 15.5. The molecule has 2 aromatic rings. The number of carbonyl (C=O) groups excluding carboxylic acids is 1. The molecule has 1 aromatic carbocycles. The Morgan fingerprint density at radius 2 is 2.00 bits per heavy atom. The molecule has 0 atom stereocenters. The first-order valence-corrected chi connectivity index (χ1v) is 8.77. The molecule has 0 aliphatic carbocycles. The predicted octanol–water partition coefficient (Wildman–Crippen LogP) is 3.06. The standard InChI is InChI=1S/C17H19ClN2OS/c18-16-4-3-15(22-16)7-10-20-17(21)14-2-1-12-5-8-19-9-6-13(12)11-14/h1-4,11,19H,5-10H2,(H,20,21). The molecule has 0 bridgehead atoms. The van der Waals surface area contributed by atoms with Gasteiger partial charge in [-0.1, -0.05) is 17.7 Å². The van der Waals surface area contributed by atoms with Crippen molar-refractivity contribution in [2.45, 2.75) is 19.3 Å². The molecule has 1 aliphatic heterocycles. The molecule has 0 radical (unpaired) electrons. The SMILES string of the molecule is O=C(NCCc1ccc(Cl)s1)c1ccc2c(c1)CCNCC2. The van der Waals surface area contributed by atoms with Gasteiger partial charge in [0.25, 0.3) is 5.91 Å². The number of thiophene rings is 1. The minimum Gasteiger partial charge on any atom is -0.352 e. The van der Waals surface area contributed by atoms with Gasteiger partial charge in [-0.3, -0.25) is 4.79 Å². The maximum Gasteiger partial charge on any atom is 0.251 e. The summed E-state index contributed by atoms with van der Waals surface area (Å²) >= 11 is 7.47. The van der Waals surface area contributed by atoms with Gasteiger partial charge in [-0.15, -0.1) is 11.3 Å². The van der Waals surface area contributed by atoms with Crippen LogP contribution >= 0.6 is 22.9 Å². The summed E-state index contributed by atoms with van der Waals surface area (Å²) in [5.74, 6) is 0.00246. The van der Waals surface area contributed by atoms with Crippen molar-refractivity contribution in [2.75, 3.05) is 19.6 Å². The van der Waals surface area contributed by atoms with Crippen LogP contribution in [0.25, 0.3) is 0 Å². The Hall–Kier alpha value is -1.36. The Labute approximate surface area is 139 Å². The third-order valence-electron chi connectivity index (χ3n) is 3.90. The van der Waals surface area contributed by atoms with Gasteiger partial charge in [0.05, 0.1) is 4.34 Å². The number of hydrogen-bond donors (Lipinski definition) is 2. The summed E-state index contributed by atoms with van der Waals surface area (Å²) in [4.78, 5) is 13.5. The van der Waals surface area contributed by atoms with Gasteiger partial charge in [-0.05, 0) is 67.7 Å². The van der Waals surface area contributed by atoms with Crippen molar-refractivity contribution < 1.29 is 4.79 Å². The number of amides is 1. The average molecular weight is 335 g/mol. The highest BCUT2D eigenvalue weighted by atomic mass is 35.5. The highest BCUT2D eigenvalue weighted by Gasteiger charge is 2.11. The molecular weight excluding hydrogens is 316 g/mol. The molecule has 116 valence electrons. The van der Waals surface area contributed by atoms with Crippen LogP contribution in [-0.2, 0) is 19.3 Å². The summed E-state index contributed by atoms with van der Waals surface area (Å²) in [6.07, 6.45) is 2.85. The maximum absolute atomic E-state index is 12.3.